The van der Waals surface area contributed by atoms with E-state index in [4.69, 9.17) is 0 Å². The number of aromatic nitrogens is 1. The summed E-state index contributed by atoms with van der Waals surface area (Å²) in [6.07, 6.45) is 0. The molecule has 2 aromatic carbocycles. The van der Waals surface area contributed by atoms with Crippen LogP contribution in [0.3, 0.4) is 0 Å². The second kappa shape index (κ2) is 5.25. The fraction of sp³-hybridized carbons (Fsp3) is 0.235. The summed E-state index contributed by atoms with van der Waals surface area (Å²) in [5.74, 6) is 0. The Bertz CT molecular complexity index is 739. The highest BCUT2D eigenvalue weighted by Gasteiger charge is 2.04. The van der Waals surface area contributed by atoms with Crippen LogP contribution in [0.4, 0.5) is 5.69 Å². The van der Waals surface area contributed by atoms with Crippen LogP contribution >= 0.6 is 11.3 Å². The van der Waals surface area contributed by atoms with Gasteiger partial charge in [0, 0.05) is 12.2 Å². The summed E-state index contributed by atoms with van der Waals surface area (Å²) in [6.45, 7) is 7.25. The first-order chi connectivity index (χ1) is 9.63. The predicted molar refractivity (Wildman–Crippen MR) is 87.6 cm³/mol. The number of rotatable bonds is 3. The Morgan fingerprint density at radius 3 is 2.55 bits per heavy atom. The first-order valence-electron chi connectivity index (χ1n) is 6.79. The van der Waals surface area contributed by atoms with Crippen LogP contribution in [0.5, 0.6) is 0 Å². The topological polar surface area (TPSA) is 24.9 Å². The largest absolute Gasteiger partial charge is 0.381 e. The Morgan fingerprint density at radius 1 is 1.05 bits per heavy atom. The average Bonchev–Trinajstić information content (AvgIpc) is 2.77. The Labute approximate surface area is 123 Å². The van der Waals surface area contributed by atoms with Gasteiger partial charge in [0.15, 0.2) is 0 Å². The molecule has 0 amide bonds. The molecular weight excluding hydrogens is 264 g/mol. The molecule has 0 fully saturated rings. The van der Waals surface area contributed by atoms with Gasteiger partial charge in [-0.3, -0.25) is 0 Å². The smallest absolute Gasteiger partial charge is 0.0907 e. The van der Waals surface area contributed by atoms with Crippen molar-refractivity contribution >= 4 is 27.2 Å². The minimum absolute atomic E-state index is 0.863. The van der Waals surface area contributed by atoms with Crippen LogP contribution in [0.25, 0.3) is 10.2 Å². The van der Waals surface area contributed by atoms with Gasteiger partial charge in [0.2, 0.25) is 0 Å². The zero-order valence-corrected chi connectivity index (χ0v) is 12.8. The molecule has 0 spiro atoms. The molecule has 0 radical (unpaired) electrons. The van der Waals surface area contributed by atoms with Gasteiger partial charge in [0.05, 0.1) is 15.2 Å². The van der Waals surface area contributed by atoms with Crippen molar-refractivity contribution in [3.8, 4) is 0 Å². The molecule has 102 valence electrons. The molecule has 20 heavy (non-hydrogen) atoms. The summed E-state index contributed by atoms with van der Waals surface area (Å²) in [6, 6.07) is 12.8. The number of aryl methyl sites for hydroxylation is 3. The highest BCUT2D eigenvalue weighted by molar-refractivity contribution is 7.18. The molecule has 0 unspecified atom stereocenters. The van der Waals surface area contributed by atoms with Gasteiger partial charge in [0.1, 0.15) is 0 Å². The van der Waals surface area contributed by atoms with Gasteiger partial charge >= 0.3 is 0 Å². The van der Waals surface area contributed by atoms with Crippen molar-refractivity contribution in [2.24, 2.45) is 0 Å². The highest BCUT2D eigenvalue weighted by atomic mass is 32.1. The monoisotopic (exact) mass is 282 g/mol. The van der Waals surface area contributed by atoms with E-state index < -0.39 is 0 Å². The molecule has 0 bridgehead atoms. The first-order valence-corrected chi connectivity index (χ1v) is 7.61. The number of nitrogens with zero attached hydrogens (tertiary/aromatic N) is 1. The van der Waals surface area contributed by atoms with E-state index in [1.54, 1.807) is 11.3 Å². The molecule has 2 nitrogen and oxygen atoms in total. The van der Waals surface area contributed by atoms with E-state index in [9.17, 15) is 0 Å². The summed E-state index contributed by atoms with van der Waals surface area (Å²) >= 11 is 1.74. The molecule has 3 rings (SSSR count). The molecule has 0 aliphatic heterocycles. The van der Waals surface area contributed by atoms with Crippen LogP contribution < -0.4 is 5.32 Å². The van der Waals surface area contributed by atoms with Gasteiger partial charge in [0.25, 0.3) is 0 Å². The van der Waals surface area contributed by atoms with E-state index in [0.29, 0.717) is 0 Å². The van der Waals surface area contributed by atoms with Crippen molar-refractivity contribution in [2.75, 3.05) is 5.32 Å². The van der Waals surface area contributed by atoms with Gasteiger partial charge in [-0.25, -0.2) is 4.98 Å². The van der Waals surface area contributed by atoms with Gasteiger partial charge < -0.3 is 5.32 Å². The summed E-state index contributed by atoms with van der Waals surface area (Å²) in [5, 5.41) is 4.64. The van der Waals surface area contributed by atoms with Gasteiger partial charge in [-0.2, -0.15) is 0 Å². The Morgan fingerprint density at radius 2 is 1.80 bits per heavy atom. The third-order valence-electron chi connectivity index (χ3n) is 3.61. The average molecular weight is 282 g/mol. The molecule has 0 aliphatic carbocycles. The zero-order valence-electron chi connectivity index (χ0n) is 12.0. The molecule has 3 aromatic rings. The molecule has 1 aromatic heterocycles. The Kier molecular flexibility index (Phi) is 3.45. The minimum atomic E-state index is 0.863. The maximum Gasteiger partial charge on any atom is 0.0907 e. The van der Waals surface area contributed by atoms with Crippen LogP contribution in [0.15, 0.2) is 36.4 Å². The van der Waals surface area contributed by atoms with Crippen molar-refractivity contribution in [1.82, 2.24) is 4.98 Å². The quantitative estimate of drug-likeness (QED) is 0.744. The van der Waals surface area contributed by atoms with E-state index >= 15 is 0 Å². The van der Waals surface area contributed by atoms with Crippen LogP contribution in [-0.4, -0.2) is 4.98 Å². The normalized spacial score (nSPS) is 10.9. The van der Waals surface area contributed by atoms with E-state index in [1.807, 2.05) is 0 Å². The highest BCUT2D eigenvalue weighted by Crippen LogP contribution is 2.25. The molecular formula is C17H18N2S. The van der Waals surface area contributed by atoms with Gasteiger partial charge in [-0.15, -0.1) is 11.3 Å². The van der Waals surface area contributed by atoms with Crippen LogP contribution in [-0.2, 0) is 6.54 Å². The second-order valence-corrected chi connectivity index (χ2v) is 6.37. The molecule has 1 N–H and O–H groups in total. The third-order valence-corrected chi connectivity index (χ3v) is 4.54. The van der Waals surface area contributed by atoms with Crippen LogP contribution in [0.1, 0.15) is 21.7 Å². The first kappa shape index (κ1) is 13.1. The Hall–Kier alpha value is -1.87. The summed E-state index contributed by atoms with van der Waals surface area (Å²) in [7, 11) is 0. The number of anilines is 1. The van der Waals surface area contributed by atoms with Crippen molar-refractivity contribution in [3.63, 3.8) is 0 Å². The summed E-state index contributed by atoms with van der Waals surface area (Å²) in [4.78, 5) is 4.49. The van der Waals surface area contributed by atoms with Crippen molar-refractivity contribution < 1.29 is 0 Å². The number of hydrogen-bond donors (Lipinski definition) is 1. The van der Waals surface area contributed by atoms with E-state index in [-0.39, 0.29) is 0 Å². The number of thiazole rings is 1. The lowest BCUT2D eigenvalue weighted by Crippen LogP contribution is -2.03. The molecule has 3 heteroatoms. The molecule has 1 heterocycles. The van der Waals surface area contributed by atoms with Crippen molar-refractivity contribution in [3.05, 3.63) is 58.1 Å². The number of fused-ring (bicyclic) bond motifs is 1. The molecule has 0 aliphatic rings. The second-order valence-electron chi connectivity index (χ2n) is 5.14. The van der Waals surface area contributed by atoms with Crippen LogP contribution in [0.2, 0.25) is 0 Å². The summed E-state index contributed by atoms with van der Waals surface area (Å²) < 4.78 is 1.24. The van der Waals surface area contributed by atoms with E-state index in [1.165, 1.54) is 21.4 Å². The SMILES string of the molecule is Cc1nc2ccc(NCc3c(C)cccc3C)cc2s1. The lowest BCUT2D eigenvalue weighted by Gasteiger charge is -2.11. The number of hydrogen-bond acceptors (Lipinski definition) is 3. The third kappa shape index (κ3) is 2.54. The van der Waals surface area contributed by atoms with E-state index in [2.05, 4.69) is 67.5 Å². The summed E-state index contributed by atoms with van der Waals surface area (Å²) in [5.41, 5.74) is 6.31. The molecule has 0 atom stereocenters. The standard InChI is InChI=1S/C17H18N2S/c1-11-5-4-6-12(2)15(11)10-18-14-7-8-16-17(9-14)20-13(3)19-16/h4-9,18H,10H2,1-3H3. The van der Waals surface area contributed by atoms with Crippen LogP contribution in [0, 0.1) is 20.8 Å². The Balaban J connectivity index is 1.83. The fourth-order valence-corrected chi connectivity index (χ4v) is 3.33. The van der Waals surface area contributed by atoms with Crippen molar-refractivity contribution in [2.45, 2.75) is 27.3 Å². The maximum atomic E-state index is 4.49. The lowest BCUT2D eigenvalue weighted by atomic mass is 10.0. The predicted octanol–water partition coefficient (Wildman–Crippen LogP) is 4.83. The number of nitrogens with one attached hydrogen (secondary N) is 1. The molecule has 0 saturated carbocycles. The fourth-order valence-electron chi connectivity index (χ4n) is 2.47. The van der Waals surface area contributed by atoms with E-state index in [0.717, 1.165) is 22.8 Å². The lowest BCUT2D eigenvalue weighted by molar-refractivity contribution is 1.09. The van der Waals surface area contributed by atoms with Gasteiger partial charge in [-0.1, -0.05) is 18.2 Å². The number of benzene rings is 2. The minimum Gasteiger partial charge on any atom is -0.381 e. The zero-order chi connectivity index (χ0) is 14.1. The van der Waals surface area contributed by atoms with Crippen molar-refractivity contribution in [1.29, 1.82) is 0 Å². The van der Waals surface area contributed by atoms with Gasteiger partial charge in [-0.05, 0) is 55.7 Å². The maximum absolute atomic E-state index is 4.49. The molecule has 0 saturated heterocycles.